The minimum atomic E-state index is -0.161. The minimum absolute atomic E-state index is 0.161. The number of hydrogen-bond donors (Lipinski definition) is 1. The van der Waals surface area contributed by atoms with E-state index in [4.69, 9.17) is 28.9 Å². The van der Waals surface area contributed by atoms with Gasteiger partial charge in [-0.25, -0.2) is 0 Å². The molecule has 3 nitrogen and oxygen atoms in total. The Bertz CT molecular complexity index is 610. The first-order valence-corrected chi connectivity index (χ1v) is 7.33. The molecule has 1 heterocycles. The molecule has 0 aliphatic rings. The maximum Gasteiger partial charge on any atom is 0.130 e. The molecule has 1 aromatic carbocycles. The van der Waals surface area contributed by atoms with Gasteiger partial charge in [0.05, 0.1) is 10.7 Å². The van der Waals surface area contributed by atoms with E-state index in [-0.39, 0.29) is 6.04 Å². The van der Waals surface area contributed by atoms with E-state index in [1.807, 2.05) is 32.2 Å². The van der Waals surface area contributed by atoms with Crippen LogP contribution in [-0.4, -0.2) is 9.78 Å². The standard InChI is InChI=1S/C13H14BrCl2N3/c1-7-9(13(16)19(2)18-7)6-12(17)8-3-4-10(14)11(15)5-8/h3-5,12H,6,17H2,1-2H3. The van der Waals surface area contributed by atoms with Crippen molar-refractivity contribution in [2.24, 2.45) is 12.8 Å². The highest BCUT2D eigenvalue weighted by Crippen LogP contribution is 2.28. The first kappa shape index (κ1) is 14.9. The van der Waals surface area contributed by atoms with Crippen molar-refractivity contribution in [2.45, 2.75) is 19.4 Å². The van der Waals surface area contributed by atoms with Crippen LogP contribution in [0.25, 0.3) is 0 Å². The quantitative estimate of drug-likeness (QED) is 0.895. The molecule has 2 rings (SSSR count). The molecule has 2 N–H and O–H groups in total. The summed E-state index contributed by atoms with van der Waals surface area (Å²) >= 11 is 15.7. The number of nitrogens with two attached hydrogens (primary N) is 1. The molecule has 0 aliphatic carbocycles. The summed E-state index contributed by atoms with van der Waals surface area (Å²) in [6.07, 6.45) is 0.635. The molecule has 0 aliphatic heterocycles. The average Bonchev–Trinajstić information content (AvgIpc) is 2.59. The molecule has 102 valence electrons. The fourth-order valence-corrected chi connectivity index (χ4v) is 2.67. The summed E-state index contributed by atoms with van der Waals surface area (Å²) in [6, 6.07) is 5.57. The Morgan fingerprint density at radius 3 is 2.63 bits per heavy atom. The predicted octanol–water partition coefficient (Wildman–Crippen LogP) is 4.04. The highest BCUT2D eigenvalue weighted by molar-refractivity contribution is 9.10. The number of nitrogens with zero attached hydrogens (tertiary/aromatic N) is 2. The molecule has 0 saturated carbocycles. The third-order valence-electron chi connectivity index (χ3n) is 3.07. The van der Waals surface area contributed by atoms with Gasteiger partial charge in [0.15, 0.2) is 0 Å². The average molecular weight is 363 g/mol. The van der Waals surface area contributed by atoms with E-state index < -0.39 is 0 Å². The van der Waals surface area contributed by atoms with Crippen molar-refractivity contribution in [3.8, 4) is 0 Å². The lowest BCUT2D eigenvalue weighted by Gasteiger charge is -2.13. The molecule has 0 radical (unpaired) electrons. The van der Waals surface area contributed by atoms with Gasteiger partial charge in [0.25, 0.3) is 0 Å². The molecular weight excluding hydrogens is 349 g/mol. The van der Waals surface area contributed by atoms with Crippen LogP contribution in [0.2, 0.25) is 10.2 Å². The number of rotatable bonds is 3. The fraction of sp³-hybridized carbons (Fsp3) is 0.308. The number of halogens is 3. The first-order valence-electron chi connectivity index (χ1n) is 5.78. The minimum Gasteiger partial charge on any atom is -0.324 e. The van der Waals surface area contributed by atoms with Gasteiger partial charge in [-0.15, -0.1) is 0 Å². The molecule has 6 heteroatoms. The molecule has 0 bridgehead atoms. The molecule has 0 spiro atoms. The van der Waals surface area contributed by atoms with E-state index in [0.717, 1.165) is 21.3 Å². The van der Waals surface area contributed by atoms with Gasteiger partial charge in [0.2, 0.25) is 0 Å². The Balaban J connectivity index is 2.25. The van der Waals surface area contributed by atoms with Gasteiger partial charge >= 0.3 is 0 Å². The second kappa shape index (κ2) is 5.83. The van der Waals surface area contributed by atoms with Gasteiger partial charge < -0.3 is 5.73 Å². The maximum atomic E-state index is 6.22. The smallest absolute Gasteiger partial charge is 0.130 e. The fourth-order valence-electron chi connectivity index (χ4n) is 1.99. The largest absolute Gasteiger partial charge is 0.324 e. The zero-order valence-electron chi connectivity index (χ0n) is 10.6. The molecule has 1 aromatic heterocycles. The number of benzene rings is 1. The third-order valence-corrected chi connectivity index (χ3v) is 4.77. The SMILES string of the molecule is Cc1nn(C)c(Cl)c1CC(N)c1ccc(Br)c(Cl)c1. The predicted molar refractivity (Wildman–Crippen MR) is 82.7 cm³/mol. The Kier molecular flexibility index (Phi) is 4.56. The molecule has 2 aromatic rings. The second-order valence-electron chi connectivity index (χ2n) is 4.46. The van der Waals surface area contributed by atoms with E-state index in [2.05, 4.69) is 21.0 Å². The van der Waals surface area contributed by atoms with Crippen molar-refractivity contribution in [2.75, 3.05) is 0 Å². The van der Waals surface area contributed by atoms with Crippen molar-refractivity contribution in [1.82, 2.24) is 9.78 Å². The molecule has 0 fully saturated rings. The summed E-state index contributed by atoms with van der Waals surface area (Å²) in [5.74, 6) is 0. The van der Waals surface area contributed by atoms with Crippen molar-refractivity contribution in [3.63, 3.8) is 0 Å². The lowest BCUT2D eigenvalue weighted by atomic mass is 10.0. The summed E-state index contributed by atoms with van der Waals surface area (Å²) in [7, 11) is 1.82. The van der Waals surface area contributed by atoms with E-state index >= 15 is 0 Å². The number of aromatic nitrogens is 2. The van der Waals surface area contributed by atoms with Gasteiger partial charge in [-0.2, -0.15) is 5.10 Å². The third kappa shape index (κ3) is 3.14. The highest BCUT2D eigenvalue weighted by Gasteiger charge is 2.16. The monoisotopic (exact) mass is 361 g/mol. The lowest BCUT2D eigenvalue weighted by Crippen LogP contribution is -2.14. The summed E-state index contributed by atoms with van der Waals surface area (Å²) in [5.41, 5.74) is 9.09. The Morgan fingerprint density at radius 1 is 1.42 bits per heavy atom. The molecule has 0 amide bonds. The molecule has 19 heavy (non-hydrogen) atoms. The van der Waals surface area contributed by atoms with Crippen molar-refractivity contribution < 1.29 is 0 Å². The normalized spacial score (nSPS) is 12.7. The van der Waals surface area contributed by atoms with Crippen LogP contribution in [0.3, 0.4) is 0 Å². The Labute approximate surface area is 130 Å². The topological polar surface area (TPSA) is 43.8 Å². The number of aryl methyl sites for hydroxylation is 2. The van der Waals surface area contributed by atoms with Crippen LogP contribution in [0.1, 0.15) is 22.9 Å². The summed E-state index contributed by atoms with van der Waals surface area (Å²) in [5, 5.41) is 5.57. The summed E-state index contributed by atoms with van der Waals surface area (Å²) in [4.78, 5) is 0. The molecule has 1 unspecified atom stereocenters. The van der Waals surface area contributed by atoms with Crippen molar-refractivity contribution in [3.05, 3.63) is 49.7 Å². The molecular formula is C13H14BrCl2N3. The number of hydrogen-bond acceptors (Lipinski definition) is 2. The highest BCUT2D eigenvalue weighted by atomic mass is 79.9. The van der Waals surface area contributed by atoms with Gasteiger partial charge in [-0.05, 0) is 47.0 Å². The van der Waals surface area contributed by atoms with E-state index in [1.165, 1.54) is 0 Å². The van der Waals surface area contributed by atoms with Crippen LogP contribution in [0.15, 0.2) is 22.7 Å². The summed E-state index contributed by atoms with van der Waals surface area (Å²) in [6.45, 7) is 1.93. The van der Waals surface area contributed by atoms with Crippen LogP contribution >= 0.6 is 39.1 Å². The molecule has 0 saturated heterocycles. The van der Waals surface area contributed by atoms with Crippen LogP contribution in [0.4, 0.5) is 0 Å². The van der Waals surface area contributed by atoms with Gasteiger partial charge in [0, 0.05) is 23.1 Å². The summed E-state index contributed by atoms with van der Waals surface area (Å²) < 4.78 is 2.52. The van der Waals surface area contributed by atoms with E-state index in [9.17, 15) is 0 Å². The zero-order chi connectivity index (χ0) is 14.2. The molecule has 1 atom stereocenters. The van der Waals surface area contributed by atoms with Gasteiger partial charge in [-0.3, -0.25) is 4.68 Å². The lowest BCUT2D eigenvalue weighted by molar-refractivity contribution is 0.718. The van der Waals surface area contributed by atoms with Crippen LogP contribution in [0, 0.1) is 6.92 Å². The second-order valence-corrected chi connectivity index (χ2v) is 6.08. The van der Waals surface area contributed by atoms with Gasteiger partial charge in [0.1, 0.15) is 5.15 Å². The first-order chi connectivity index (χ1) is 8.90. The van der Waals surface area contributed by atoms with Crippen LogP contribution < -0.4 is 5.73 Å². The maximum absolute atomic E-state index is 6.22. The van der Waals surface area contributed by atoms with E-state index in [0.29, 0.717) is 16.6 Å². The van der Waals surface area contributed by atoms with E-state index in [1.54, 1.807) is 4.68 Å². The Morgan fingerprint density at radius 2 is 2.11 bits per heavy atom. The van der Waals surface area contributed by atoms with Gasteiger partial charge in [-0.1, -0.05) is 29.3 Å². The van der Waals surface area contributed by atoms with Crippen molar-refractivity contribution >= 4 is 39.1 Å². The van der Waals surface area contributed by atoms with Crippen LogP contribution in [0.5, 0.6) is 0 Å². The zero-order valence-corrected chi connectivity index (χ0v) is 13.7. The Hall–Kier alpha value is -0.550. The van der Waals surface area contributed by atoms with Crippen LogP contribution in [-0.2, 0) is 13.5 Å². The van der Waals surface area contributed by atoms with Crippen molar-refractivity contribution in [1.29, 1.82) is 0 Å².